The maximum absolute atomic E-state index is 10.8. The summed E-state index contributed by atoms with van der Waals surface area (Å²) in [5, 5.41) is 50.8. The van der Waals surface area contributed by atoms with Crippen LogP contribution in [0.2, 0.25) is 0 Å². The average molecular weight is 451 g/mol. The van der Waals surface area contributed by atoms with Gasteiger partial charge in [0.1, 0.15) is 35.1 Å². The normalized spacial score (nSPS) is 25.3. The van der Waals surface area contributed by atoms with Crippen molar-refractivity contribution in [3.63, 3.8) is 0 Å². The van der Waals surface area contributed by atoms with Crippen molar-refractivity contribution in [2.24, 2.45) is 0 Å². The summed E-state index contributed by atoms with van der Waals surface area (Å²) in [7, 11) is 0. The van der Waals surface area contributed by atoms with Crippen LogP contribution >= 0.6 is 12.2 Å². The molecule has 0 aliphatic carbocycles. The number of rotatable bonds is 4. The van der Waals surface area contributed by atoms with Gasteiger partial charge in [0.2, 0.25) is 0 Å². The van der Waals surface area contributed by atoms with Crippen LogP contribution in [0, 0.1) is 16.0 Å². The average Bonchev–Trinajstić information content (AvgIpc) is 2.84. The van der Waals surface area contributed by atoms with Crippen molar-refractivity contribution in [2.45, 2.75) is 30.6 Å². The Bertz CT molecular complexity index is 1190. The number of aliphatic hydroxyl groups excluding tert-OH is 4. The molecule has 1 aliphatic heterocycles. The molecular weight excluding hydrogens is 428 g/mol. The third kappa shape index (κ3) is 3.87. The van der Waals surface area contributed by atoms with Gasteiger partial charge in [0.05, 0.1) is 17.9 Å². The lowest BCUT2D eigenvalue weighted by molar-refractivity contribution is -0.251. The highest BCUT2D eigenvalue weighted by Gasteiger charge is 2.45. The van der Waals surface area contributed by atoms with E-state index in [1.807, 2.05) is 60.7 Å². The van der Waals surface area contributed by atoms with Gasteiger partial charge in [0.15, 0.2) is 6.23 Å². The van der Waals surface area contributed by atoms with Crippen molar-refractivity contribution in [3.05, 3.63) is 76.9 Å². The molecule has 0 amide bonds. The van der Waals surface area contributed by atoms with Gasteiger partial charge in [0, 0.05) is 5.56 Å². The molecular formula is C24H22N2O5S. The molecule has 0 radical (unpaired) electrons. The van der Waals surface area contributed by atoms with Gasteiger partial charge in [-0.3, -0.25) is 0 Å². The molecule has 0 bridgehead atoms. The van der Waals surface area contributed by atoms with Crippen molar-refractivity contribution >= 4 is 12.2 Å². The number of nitrogens with zero attached hydrogens (tertiary/aromatic N) is 2. The topological polar surface area (TPSA) is 119 Å². The molecule has 1 aliphatic rings. The number of hydrogen-bond donors (Lipinski definition) is 4. The molecule has 5 atom stereocenters. The first kappa shape index (κ1) is 22.3. The fourth-order valence-corrected chi connectivity index (χ4v) is 4.31. The second kappa shape index (κ2) is 9.30. The van der Waals surface area contributed by atoms with Crippen LogP contribution in [-0.2, 0) is 4.74 Å². The molecule has 1 saturated heterocycles. The summed E-state index contributed by atoms with van der Waals surface area (Å²) >= 11 is 5.69. The van der Waals surface area contributed by atoms with Crippen molar-refractivity contribution in [1.82, 2.24) is 4.57 Å². The maximum Gasteiger partial charge on any atom is 0.164 e. The van der Waals surface area contributed by atoms with E-state index in [9.17, 15) is 25.7 Å². The van der Waals surface area contributed by atoms with E-state index in [2.05, 4.69) is 6.07 Å². The molecule has 2 heterocycles. The molecule has 3 aromatic rings. The zero-order chi connectivity index (χ0) is 22.8. The van der Waals surface area contributed by atoms with Gasteiger partial charge in [-0.15, -0.1) is 0 Å². The Morgan fingerprint density at radius 1 is 0.906 bits per heavy atom. The summed E-state index contributed by atoms with van der Waals surface area (Å²) in [6, 6.07) is 22.5. The smallest absolute Gasteiger partial charge is 0.164 e. The molecule has 1 fully saturated rings. The molecule has 2 aromatic carbocycles. The van der Waals surface area contributed by atoms with Gasteiger partial charge in [-0.25, -0.2) is 0 Å². The van der Waals surface area contributed by atoms with Gasteiger partial charge < -0.3 is 29.7 Å². The molecule has 164 valence electrons. The minimum Gasteiger partial charge on any atom is -0.394 e. The minimum absolute atomic E-state index is 0.108. The van der Waals surface area contributed by atoms with Crippen molar-refractivity contribution in [1.29, 1.82) is 5.26 Å². The Morgan fingerprint density at radius 2 is 1.50 bits per heavy atom. The first-order valence-corrected chi connectivity index (χ1v) is 10.5. The van der Waals surface area contributed by atoms with E-state index in [-0.39, 0.29) is 10.2 Å². The summed E-state index contributed by atoms with van der Waals surface area (Å²) in [6.07, 6.45) is -6.96. The SMILES string of the molecule is N#Cc1c(-c2ccccc2)cc(-c2ccccc2)n([C@@H]2O[C@@H](CO)[C@@H](O)[C@@H](O)[C@@H]2O)c1=S. The first-order valence-electron chi connectivity index (χ1n) is 10.1. The Labute approximate surface area is 190 Å². The van der Waals surface area contributed by atoms with E-state index in [4.69, 9.17) is 17.0 Å². The lowest BCUT2D eigenvalue weighted by atomic mass is 9.95. The van der Waals surface area contributed by atoms with Crippen LogP contribution in [0.15, 0.2) is 66.7 Å². The van der Waals surface area contributed by atoms with Crippen molar-refractivity contribution in [3.8, 4) is 28.5 Å². The minimum atomic E-state index is -1.57. The number of pyridine rings is 1. The number of hydrogen-bond acceptors (Lipinski definition) is 7. The lowest BCUT2D eigenvalue weighted by Gasteiger charge is -2.41. The first-order chi connectivity index (χ1) is 15.5. The van der Waals surface area contributed by atoms with E-state index in [1.54, 1.807) is 6.07 Å². The highest BCUT2D eigenvalue weighted by atomic mass is 32.1. The predicted molar refractivity (Wildman–Crippen MR) is 120 cm³/mol. The molecule has 1 aromatic heterocycles. The third-order valence-corrected chi connectivity index (χ3v) is 6.03. The Balaban J connectivity index is 2.00. The number of nitriles is 1. The molecule has 4 N–H and O–H groups in total. The summed E-state index contributed by atoms with van der Waals surface area (Å²) in [5.41, 5.74) is 2.93. The zero-order valence-corrected chi connectivity index (χ0v) is 17.8. The van der Waals surface area contributed by atoms with E-state index in [0.29, 0.717) is 11.3 Å². The molecule has 0 saturated carbocycles. The fourth-order valence-electron chi connectivity index (χ4n) is 3.96. The van der Waals surface area contributed by atoms with Gasteiger partial charge in [0.25, 0.3) is 0 Å². The highest BCUT2D eigenvalue weighted by Crippen LogP contribution is 2.37. The maximum atomic E-state index is 10.8. The Morgan fingerprint density at radius 3 is 2.06 bits per heavy atom. The summed E-state index contributed by atoms with van der Waals surface area (Å²) in [6.45, 7) is -0.567. The van der Waals surface area contributed by atoms with E-state index >= 15 is 0 Å². The highest BCUT2D eigenvalue weighted by molar-refractivity contribution is 7.71. The number of benzene rings is 2. The van der Waals surface area contributed by atoms with Gasteiger partial charge in [-0.05, 0) is 17.2 Å². The van der Waals surface area contributed by atoms with Crippen molar-refractivity contribution in [2.75, 3.05) is 6.61 Å². The molecule has 0 spiro atoms. The lowest BCUT2D eigenvalue weighted by Crippen LogP contribution is -2.56. The van der Waals surface area contributed by atoms with Crippen LogP contribution in [0.1, 0.15) is 11.8 Å². The fraction of sp³-hybridized carbons (Fsp3) is 0.250. The monoisotopic (exact) mass is 450 g/mol. The molecule has 32 heavy (non-hydrogen) atoms. The van der Waals surface area contributed by atoms with E-state index in [1.165, 1.54) is 4.57 Å². The third-order valence-electron chi connectivity index (χ3n) is 5.63. The van der Waals surface area contributed by atoms with Crippen LogP contribution in [0.4, 0.5) is 0 Å². The van der Waals surface area contributed by atoms with Crippen LogP contribution in [-0.4, -0.2) is 56.0 Å². The number of aromatic nitrogens is 1. The van der Waals surface area contributed by atoms with E-state index in [0.717, 1.165) is 11.1 Å². The van der Waals surface area contributed by atoms with Crippen molar-refractivity contribution < 1.29 is 25.2 Å². The Hall–Kier alpha value is -2.90. The quantitative estimate of drug-likeness (QED) is 0.451. The Kier molecular flexibility index (Phi) is 6.48. The van der Waals surface area contributed by atoms with Crippen LogP contribution < -0.4 is 0 Å². The van der Waals surface area contributed by atoms with Gasteiger partial charge >= 0.3 is 0 Å². The molecule has 8 heteroatoms. The molecule has 4 rings (SSSR count). The molecule has 0 unspecified atom stereocenters. The second-order valence-electron chi connectivity index (χ2n) is 7.56. The predicted octanol–water partition coefficient (Wildman–Crippen LogP) is 2.40. The zero-order valence-electron chi connectivity index (χ0n) is 16.9. The number of ether oxygens (including phenoxy) is 1. The van der Waals surface area contributed by atoms with E-state index < -0.39 is 37.3 Å². The largest absolute Gasteiger partial charge is 0.394 e. The number of aliphatic hydroxyl groups is 4. The summed E-state index contributed by atoms with van der Waals surface area (Å²) in [4.78, 5) is 0. The second-order valence-corrected chi connectivity index (χ2v) is 7.94. The van der Waals surface area contributed by atoms with Crippen LogP contribution in [0.25, 0.3) is 22.4 Å². The van der Waals surface area contributed by atoms with Gasteiger partial charge in [-0.2, -0.15) is 5.26 Å². The summed E-state index contributed by atoms with van der Waals surface area (Å²) < 4.78 is 7.36. The standard InChI is InChI=1S/C24H22N2O5S/c25-12-17-16(14-7-3-1-4-8-14)11-18(15-9-5-2-6-10-15)26(24(17)32)23-22(30)21(29)20(28)19(13-27)31-23/h1-11,19-23,27-30H,13H2/t19-,20+,21+,22-,23+/m0/s1. The molecule has 7 nitrogen and oxygen atoms in total. The van der Waals surface area contributed by atoms with Gasteiger partial charge in [-0.1, -0.05) is 72.9 Å². The summed E-state index contributed by atoms with van der Waals surface area (Å²) in [5.74, 6) is 0. The van der Waals surface area contributed by atoms with Crippen LogP contribution in [0.5, 0.6) is 0 Å². The van der Waals surface area contributed by atoms with Crippen LogP contribution in [0.3, 0.4) is 0 Å².